The van der Waals surface area contributed by atoms with Gasteiger partial charge in [-0.15, -0.1) is 0 Å². The van der Waals surface area contributed by atoms with Crippen molar-refractivity contribution in [3.8, 4) is 5.75 Å². The second-order valence-electron chi connectivity index (χ2n) is 4.38. The molecule has 0 bridgehead atoms. The molecule has 0 spiro atoms. The summed E-state index contributed by atoms with van der Waals surface area (Å²) in [6.07, 6.45) is -4.17. The van der Waals surface area contributed by atoms with Crippen molar-refractivity contribution in [3.63, 3.8) is 0 Å². The molecule has 0 saturated heterocycles. The van der Waals surface area contributed by atoms with Crippen LogP contribution in [-0.4, -0.2) is 44.9 Å². The van der Waals surface area contributed by atoms with Crippen LogP contribution in [0.2, 0.25) is 0 Å². The Bertz CT molecular complexity index is 382. The van der Waals surface area contributed by atoms with Crippen molar-refractivity contribution in [3.05, 3.63) is 29.8 Å². The normalized spacial score (nSPS) is 11.9. The molecule has 0 amide bonds. The van der Waals surface area contributed by atoms with Crippen LogP contribution in [0.3, 0.4) is 0 Å². The fraction of sp³-hybridized carbons (Fsp3) is 0.538. The molecular weight excluding hydrogens is 257 g/mol. The zero-order chi connectivity index (χ0) is 14.3. The Morgan fingerprint density at radius 3 is 2.68 bits per heavy atom. The van der Waals surface area contributed by atoms with Gasteiger partial charge in [0.25, 0.3) is 0 Å². The second kappa shape index (κ2) is 7.35. The van der Waals surface area contributed by atoms with E-state index in [2.05, 4.69) is 5.32 Å². The molecule has 19 heavy (non-hydrogen) atoms. The van der Waals surface area contributed by atoms with Gasteiger partial charge in [-0.1, -0.05) is 12.1 Å². The van der Waals surface area contributed by atoms with Crippen LogP contribution in [0, 0.1) is 0 Å². The average molecular weight is 276 g/mol. The highest BCUT2D eigenvalue weighted by Gasteiger charge is 2.28. The van der Waals surface area contributed by atoms with Gasteiger partial charge in [0.2, 0.25) is 0 Å². The van der Waals surface area contributed by atoms with E-state index in [4.69, 9.17) is 4.74 Å². The molecule has 6 heteroatoms. The summed E-state index contributed by atoms with van der Waals surface area (Å²) < 4.78 is 41.8. The van der Waals surface area contributed by atoms with E-state index in [1.54, 1.807) is 6.07 Å². The molecule has 0 fully saturated rings. The Kier molecular flexibility index (Phi) is 6.11. The number of hydrogen-bond acceptors (Lipinski definition) is 3. The predicted octanol–water partition coefficient (Wildman–Crippen LogP) is 2.28. The maximum Gasteiger partial charge on any atom is 0.401 e. The number of alkyl halides is 3. The maximum atomic E-state index is 12.1. The molecule has 0 aliphatic rings. The topological polar surface area (TPSA) is 24.5 Å². The molecule has 1 aromatic carbocycles. The summed E-state index contributed by atoms with van der Waals surface area (Å²) in [5.74, 6) is 0.674. The number of nitrogens with zero attached hydrogens (tertiary/aromatic N) is 1. The van der Waals surface area contributed by atoms with Crippen LogP contribution < -0.4 is 10.1 Å². The van der Waals surface area contributed by atoms with E-state index in [9.17, 15) is 13.2 Å². The summed E-state index contributed by atoms with van der Waals surface area (Å²) in [6.45, 7) is 0.271. The first-order valence-electron chi connectivity index (χ1n) is 6.02. The summed E-state index contributed by atoms with van der Waals surface area (Å²) in [5.41, 5.74) is 1.07. The third kappa shape index (κ3) is 7.03. The summed E-state index contributed by atoms with van der Waals surface area (Å²) in [4.78, 5) is 1.19. The minimum atomic E-state index is -4.17. The molecule has 1 N–H and O–H groups in total. The van der Waals surface area contributed by atoms with E-state index in [0.29, 0.717) is 5.75 Å². The minimum Gasteiger partial charge on any atom is -0.492 e. The van der Waals surface area contributed by atoms with Crippen molar-refractivity contribution in [1.82, 2.24) is 10.2 Å². The highest BCUT2D eigenvalue weighted by atomic mass is 19.4. The molecule has 0 aromatic heterocycles. The number of benzene rings is 1. The highest BCUT2D eigenvalue weighted by molar-refractivity contribution is 5.28. The summed E-state index contributed by atoms with van der Waals surface area (Å²) >= 11 is 0. The minimum absolute atomic E-state index is 0.232. The van der Waals surface area contributed by atoms with Crippen LogP contribution in [0.1, 0.15) is 5.56 Å². The maximum absolute atomic E-state index is 12.1. The lowest BCUT2D eigenvalue weighted by molar-refractivity contribution is -0.143. The van der Waals surface area contributed by atoms with Crippen LogP contribution in [-0.2, 0) is 6.54 Å². The number of hydrogen-bond donors (Lipinski definition) is 1. The molecule has 0 unspecified atom stereocenters. The van der Waals surface area contributed by atoms with Gasteiger partial charge in [-0.3, -0.25) is 4.90 Å². The number of ether oxygens (including phenoxy) is 1. The van der Waals surface area contributed by atoms with E-state index >= 15 is 0 Å². The largest absolute Gasteiger partial charge is 0.492 e. The van der Waals surface area contributed by atoms with Crippen molar-refractivity contribution in [2.45, 2.75) is 12.7 Å². The molecule has 0 atom stereocenters. The van der Waals surface area contributed by atoms with Gasteiger partial charge in [-0.2, -0.15) is 13.2 Å². The zero-order valence-electron chi connectivity index (χ0n) is 11.1. The number of likely N-dealkylation sites (N-methyl/N-ethyl adjacent to an activating group) is 1. The molecule has 0 aliphatic heterocycles. The van der Waals surface area contributed by atoms with Gasteiger partial charge in [-0.25, -0.2) is 0 Å². The van der Waals surface area contributed by atoms with E-state index in [1.807, 2.05) is 25.2 Å². The molecular formula is C13H19F3N2O. The van der Waals surface area contributed by atoms with Crippen LogP contribution in [0.5, 0.6) is 5.75 Å². The fourth-order valence-corrected chi connectivity index (χ4v) is 1.65. The summed E-state index contributed by atoms with van der Waals surface area (Å²) in [7, 11) is 3.27. The Morgan fingerprint density at radius 2 is 2.05 bits per heavy atom. The fourth-order valence-electron chi connectivity index (χ4n) is 1.65. The Balaban J connectivity index is 2.34. The van der Waals surface area contributed by atoms with Gasteiger partial charge in [-0.05, 0) is 31.8 Å². The molecule has 0 radical (unpaired) electrons. The van der Waals surface area contributed by atoms with Gasteiger partial charge >= 0.3 is 6.18 Å². The second-order valence-corrected chi connectivity index (χ2v) is 4.38. The smallest absolute Gasteiger partial charge is 0.401 e. The number of nitrogens with one attached hydrogen (secondary N) is 1. The van der Waals surface area contributed by atoms with E-state index in [-0.39, 0.29) is 13.2 Å². The molecule has 3 nitrogen and oxygen atoms in total. The summed E-state index contributed by atoms with van der Waals surface area (Å²) in [5, 5.41) is 3.02. The Morgan fingerprint density at radius 1 is 1.32 bits per heavy atom. The van der Waals surface area contributed by atoms with E-state index in [1.165, 1.54) is 11.9 Å². The van der Waals surface area contributed by atoms with Gasteiger partial charge in [0.15, 0.2) is 0 Å². The van der Waals surface area contributed by atoms with Crippen LogP contribution >= 0.6 is 0 Å². The van der Waals surface area contributed by atoms with Gasteiger partial charge in [0.1, 0.15) is 12.4 Å². The standard InChI is InChI=1S/C13H19F3N2O/c1-17-9-11-4-3-5-12(8-11)19-7-6-18(2)10-13(14,15)16/h3-5,8,17H,6-7,9-10H2,1-2H3. The van der Waals surface area contributed by atoms with Gasteiger partial charge in [0.05, 0.1) is 6.54 Å². The molecule has 108 valence electrons. The van der Waals surface area contributed by atoms with E-state index < -0.39 is 12.7 Å². The van der Waals surface area contributed by atoms with E-state index in [0.717, 1.165) is 12.1 Å². The Hall–Kier alpha value is -1.27. The SMILES string of the molecule is CNCc1cccc(OCCN(C)CC(F)(F)F)c1. The third-order valence-corrected chi connectivity index (χ3v) is 2.47. The summed E-state index contributed by atoms with van der Waals surface area (Å²) in [6, 6.07) is 7.49. The highest BCUT2D eigenvalue weighted by Crippen LogP contribution is 2.16. The van der Waals surface area contributed by atoms with Crippen molar-refractivity contribution in [1.29, 1.82) is 0 Å². The van der Waals surface area contributed by atoms with Crippen LogP contribution in [0.4, 0.5) is 13.2 Å². The Labute approximate surface area is 111 Å². The van der Waals surface area contributed by atoms with Crippen LogP contribution in [0.15, 0.2) is 24.3 Å². The predicted molar refractivity (Wildman–Crippen MR) is 68.3 cm³/mol. The van der Waals surface area contributed by atoms with Gasteiger partial charge < -0.3 is 10.1 Å². The first-order valence-corrected chi connectivity index (χ1v) is 6.02. The average Bonchev–Trinajstić information content (AvgIpc) is 2.27. The zero-order valence-corrected chi connectivity index (χ0v) is 11.1. The lowest BCUT2D eigenvalue weighted by atomic mass is 10.2. The number of halogens is 3. The molecule has 0 aliphatic carbocycles. The first-order chi connectivity index (χ1) is 8.90. The van der Waals surface area contributed by atoms with Crippen molar-refractivity contribution < 1.29 is 17.9 Å². The first kappa shape index (κ1) is 15.8. The van der Waals surface area contributed by atoms with Crippen molar-refractivity contribution >= 4 is 0 Å². The molecule has 1 aromatic rings. The quantitative estimate of drug-likeness (QED) is 0.827. The van der Waals surface area contributed by atoms with Crippen LogP contribution in [0.25, 0.3) is 0 Å². The van der Waals surface area contributed by atoms with Gasteiger partial charge in [0, 0.05) is 13.1 Å². The molecule has 0 heterocycles. The van der Waals surface area contributed by atoms with Crippen molar-refractivity contribution in [2.75, 3.05) is 33.8 Å². The molecule has 1 rings (SSSR count). The van der Waals surface area contributed by atoms with Crippen molar-refractivity contribution in [2.24, 2.45) is 0 Å². The third-order valence-electron chi connectivity index (χ3n) is 2.47. The molecule has 0 saturated carbocycles. The monoisotopic (exact) mass is 276 g/mol. The number of rotatable bonds is 7. The lowest BCUT2D eigenvalue weighted by Gasteiger charge is -2.18. The lowest BCUT2D eigenvalue weighted by Crippen LogP contribution is -2.33.